The van der Waals surface area contributed by atoms with Gasteiger partial charge in [-0.3, -0.25) is 0 Å². The zero-order chi connectivity index (χ0) is 13.7. The van der Waals surface area contributed by atoms with Gasteiger partial charge in [0.15, 0.2) is 0 Å². The van der Waals surface area contributed by atoms with Crippen molar-refractivity contribution in [3.05, 3.63) is 34.6 Å². The van der Waals surface area contributed by atoms with Crippen LogP contribution in [0, 0.1) is 25.6 Å². The maximum Gasteiger partial charge on any atom is 0.128 e. The van der Waals surface area contributed by atoms with Gasteiger partial charge in [-0.05, 0) is 49.8 Å². The Bertz CT molecular complexity index is 358. The van der Waals surface area contributed by atoms with Gasteiger partial charge in [0.1, 0.15) is 5.82 Å². The highest BCUT2D eigenvalue weighted by atomic mass is 19.1. The molecular formula is C16H26FN. The fourth-order valence-electron chi connectivity index (χ4n) is 2.83. The molecular weight excluding hydrogens is 225 g/mol. The maximum atomic E-state index is 14.1. The molecule has 2 heteroatoms. The monoisotopic (exact) mass is 251 g/mol. The van der Waals surface area contributed by atoms with Crippen molar-refractivity contribution in [3.63, 3.8) is 0 Å². The van der Waals surface area contributed by atoms with Crippen LogP contribution in [0.4, 0.5) is 4.39 Å². The summed E-state index contributed by atoms with van der Waals surface area (Å²) in [5.41, 5.74) is 8.98. The largest absolute Gasteiger partial charge is 0.324 e. The third kappa shape index (κ3) is 3.55. The van der Waals surface area contributed by atoms with Crippen molar-refractivity contribution >= 4 is 0 Å². The first kappa shape index (κ1) is 15.2. The van der Waals surface area contributed by atoms with Crippen LogP contribution in [0.2, 0.25) is 0 Å². The first-order chi connectivity index (χ1) is 8.51. The van der Waals surface area contributed by atoms with Crippen LogP contribution in [0.1, 0.15) is 62.3 Å². The molecule has 0 radical (unpaired) electrons. The van der Waals surface area contributed by atoms with Gasteiger partial charge < -0.3 is 5.73 Å². The van der Waals surface area contributed by atoms with Gasteiger partial charge in [0, 0.05) is 11.6 Å². The molecule has 0 spiro atoms. The quantitative estimate of drug-likeness (QED) is 0.782. The summed E-state index contributed by atoms with van der Waals surface area (Å²) in [5, 5.41) is 0. The molecule has 102 valence electrons. The Hall–Kier alpha value is -0.890. The number of rotatable bonds is 6. The number of nitrogens with two attached hydrogens (primary N) is 1. The van der Waals surface area contributed by atoms with E-state index in [4.69, 9.17) is 5.73 Å². The molecule has 1 rings (SSSR count). The highest BCUT2D eigenvalue weighted by Crippen LogP contribution is 2.31. The van der Waals surface area contributed by atoms with Gasteiger partial charge in [0.2, 0.25) is 0 Å². The van der Waals surface area contributed by atoms with E-state index in [0.717, 1.165) is 36.8 Å². The summed E-state index contributed by atoms with van der Waals surface area (Å²) in [6.45, 7) is 8.20. The Morgan fingerprint density at radius 2 is 1.67 bits per heavy atom. The summed E-state index contributed by atoms with van der Waals surface area (Å²) in [5.74, 6) is 0.244. The Labute approximate surface area is 111 Å². The third-order valence-electron chi connectivity index (χ3n) is 3.64. The summed E-state index contributed by atoms with van der Waals surface area (Å²) in [6.07, 6.45) is 4.35. The molecule has 0 aliphatic carbocycles. The van der Waals surface area contributed by atoms with E-state index < -0.39 is 0 Å². The second-order valence-electron chi connectivity index (χ2n) is 5.34. The SMILES string of the molecule is CCCC(CCC)C(N)c1c(C)cc(C)cc1F. The zero-order valence-corrected chi connectivity index (χ0v) is 12.1. The molecule has 0 saturated heterocycles. The minimum atomic E-state index is -0.175. The molecule has 1 nitrogen and oxygen atoms in total. The van der Waals surface area contributed by atoms with Crippen LogP contribution in [0.15, 0.2) is 12.1 Å². The second kappa shape index (κ2) is 6.89. The summed E-state index contributed by atoms with van der Waals surface area (Å²) in [4.78, 5) is 0. The highest BCUT2D eigenvalue weighted by Gasteiger charge is 2.22. The smallest absolute Gasteiger partial charge is 0.128 e. The van der Waals surface area contributed by atoms with E-state index in [2.05, 4.69) is 13.8 Å². The average Bonchev–Trinajstić information content (AvgIpc) is 2.27. The lowest BCUT2D eigenvalue weighted by atomic mass is 9.84. The van der Waals surface area contributed by atoms with E-state index >= 15 is 0 Å². The van der Waals surface area contributed by atoms with Gasteiger partial charge in [0.25, 0.3) is 0 Å². The molecule has 0 saturated carbocycles. The van der Waals surface area contributed by atoms with Crippen molar-refractivity contribution in [1.29, 1.82) is 0 Å². The van der Waals surface area contributed by atoms with Crippen molar-refractivity contribution in [2.75, 3.05) is 0 Å². The van der Waals surface area contributed by atoms with Crippen LogP contribution < -0.4 is 5.73 Å². The van der Waals surface area contributed by atoms with Gasteiger partial charge in [-0.2, -0.15) is 0 Å². The van der Waals surface area contributed by atoms with Crippen LogP contribution in [0.3, 0.4) is 0 Å². The van der Waals surface area contributed by atoms with E-state index in [1.54, 1.807) is 6.07 Å². The number of hydrogen-bond donors (Lipinski definition) is 1. The fraction of sp³-hybridized carbons (Fsp3) is 0.625. The predicted octanol–water partition coefficient (Wildman–Crippen LogP) is 4.66. The van der Waals surface area contributed by atoms with Crippen LogP contribution >= 0.6 is 0 Å². The van der Waals surface area contributed by atoms with E-state index in [-0.39, 0.29) is 11.9 Å². The molecule has 1 unspecified atom stereocenters. The number of benzene rings is 1. The normalized spacial score (nSPS) is 13.1. The maximum absolute atomic E-state index is 14.1. The van der Waals surface area contributed by atoms with Crippen LogP contribution in [0.25, 0.3) is 0 Å². The molecule has 1 aromatic carbocycles. The lowest BCUT2D eigenvalue weighted by Crippen LogP contribution is -2.23. The third-order valence-corrected chi connectivity index (χ3v) is 3.64. The van der Waals surface area contributed by atoms with Crippen LogP contribution in [0.5, 0.6) is 0 Å². The van der Waals surface area contributed by atoms with Gasteiger partial charge >= 0.3 is 0 Å². The molecule has 18 heavy (non-hydrogen) atoms. The van der Waals surface area contributed by atoms with Crippen molar-refractivity contribution in [2.45, 2.75) is 59.4 Å². The van der Waals surface area contributed by atoms with E-state index in [9.17, 15) is 4.39 Å². The Morgan fingerprint density at radius 3 is 2.11 bits per heavy atom. The highest BCUT2D eigenvalue weighted by molar-refractivity contribution is 5.34. The minimum absolute atomic E-state index is 0.141. The topological polar surface area (TPSA) is 26.0 Å². The molecule has 0 aliphatic heterocycles. The predicted molar refractivity (Wildman–Crippen MR) is 76.1 cm³/mol. The molecule has 0 fully saturated rings. The van der Waals surface area contributed by atoms with E-state index in [1.165, 1.54) is 0 Å². The second-order valence-corrected chi connectivity index (χ2v) is 5.34. The van der Waals surface area contributed by atoms with E-state index in [1.807, 2.05) is 19.9 Å². The summed E-state index contributed by atoms with van der Waals surface area (Å²) >= 11 is 0. The molecule has 0 heterocycles. The summed E-state index contributed by atoms with van der Waals surface area (Å²) in [6, 6.07) is 3.44. The van der Waals surface area contributed by atoms with Crippen molar-refractivity contribution in [2.24, 2.45) is 11.7 Å². The Morgan fingerprint density at radius 1 is 1.11 bits per heavy atom. The molecule has 0 aliphatic rings. The lowest BCUT2D eigenvalue weighted by molar-refractivity contribution is 0.359. The van der Waals surface area contributed by atoms with Crippen LogP contribution in [-0.2, 0) is 0 Å². The minimum Gasteiger partial charge on any atom is -0.324 e. The van der Waals surface area contributed by atoms with Gasteiger partial charge in [-0.25, -0.2) is 4.39 Å². The van der Waals surface area contributed by atoms with Crippen molar-refractivity contribution in [3.8, 4) is 0 Å². The molecule has 2 N–H and O–H groups in total. The Balaban J connectivity index is 3.03. The first-order valence-electron chi connectivity index (χ1n) is 7.03. The van der Waals surface area contributed by atoms with Crippen LogP contribution in [-0.4, -0.2) is 0 Å². The summed E-state index contributed by atoms with van der Waals surface area (Å²) < 4.78 is 14.1. The van der Waals surface area contributed by atoms with E-state index in [0.29, 0.717) is 11.5 Å². The number of hydrogen-bond acceptors (Lipinski definition) is 1. The molecule has 0 bridgehead atoms. The van der Waals surface area contributed by atoms with Crippen molar-refractivity contribution < 1.29 is 4.39 Å². The molecule has 0 aromatic heterocycles. The lowest BCUT2D eigenvalue weighted by Gasteiger charge is -2.25. The standard InChI is InChI=1S/C16H26FN/c1-5-7-13(8-6-2)16(18)15-12(4)9-11(3)10-14(15)17/h9-10,13,16H,5-8,18H2,1-4H3. The molecule has 1 atom stereocenters. The Kier molecular flexibility index (Phi) is 5.80. The van der Waals surface area contributed by atoms with Gasteiger partial charge in [-0.15, -0.1) is 0 Å². The summed E-state index contributed by atoms with van der Waals surface area (Å²) in [7, 11) is 0. The average molecular weight is 251 g/mol. The molecule has 0 amide bonds. The first-order valence-corrected chi connectivity index (χ1v) is 7.03. The van der Waals surface area contributed by atoms with Crippen molar-refractivity contribution in [1.82, 2.24) is 0 Å². The zero-order valence-electron chi connectivity index (χ0n) is 12.1. The number of aryl methyl sites for hydroxylation is 2. The molecule has 1 aromatic rings. The van der Waals surface area contributed by atoms with Gasteiger partial charge in [-0.1, -0.05) is 32.8 Å². The number of halogens is 1. The fourth-order valence-corrected chi connectivity index (χ4v) is 2.83. The van der Waals surface area contributed by atoms with Gasteiger partial charge in [0.05, 0.1) is 0 Å².